The van der Waals surface area contributed by atoms with Gasteiger partial charge < -0.3 is 9.84 Å². The number of hydrogen-bond donors (Lipinski definition) is 1. The van der Waals surface area contributed by atoms with Crippen molar-refractivity contribution in [3.8, 4) is 0 Å². The fourth-order valence-electron chi connectivity index (χ4n) is 3.73. The van der Waals surface area contributed by atoms with Crippen LogP contribution in [0.5, 0.6) is 0 Å². The molecule has 10 heteroatoms. The minimum atomic E-state index is -1.17. The fourth-order valence-corrected chi connectivity index (χ4v) is 4.90. The fraction of sp³-hybridized carbons (Fsp3) is 0.619. The van der Waals surface area contributed by atoms with Gasteiger partial charge in [-0.3, -0.25) is 13.9 Å². The van der Waals surface area contributed by atoms with Crippen LogP contribution in [0.25, 0.3) is 10.2 Å². The predicted octanol–water partition coefficient (Wildman–Crippen LogP) is 3.41. The summed E-state index contributed by atoms with van der Waals surface area (Å²) in [6, 6.07) is -0.292. The van der Waals surface area contributed by atoms with Gasteiger partial charge in [-0.1, -0.05) is 0 Å². The molecule has 2 aromatic rings. The van der Waals surface area contributed by atoms with Crippen molar-refractivity contribution in [3.63, 3.8) is 0 Å². The van der Waals surface area contributed by atoms with Crippen LogP contribution in [0, 0.1) is 6.92 Å². The summed E-state index contributed by atoms with van der Waals surface area (Å²) < 4.78 is 8.63. The molecule has 1 fully saturated rings. The molecule has 31 heavy (non-hydrogen) atoms. The number of amides is 1. The van der Waals surface area contributed by atoms with Gasteiger partial charge in [0.15, 0.2) is 0 Å². The van der Waals surface area contributed by atoms with Crippen molar-refractivity contribution in [2.24, 2.45) is 5.10 Å². The number of rotatable bonds is 5. The summed E-state index contributed by atoms with van der Waals surface area (Å²) >= 11 is 1.27. The molecule has 1 atom stereocenters. The van der Waals surface area contributed by atoms with Gasteiger partial charge in [-0.05, 0) is 59.9 Å². The Balaban J connectivity index is 2.20. The van der Waals surface area contributed by atoms with E-state index < -0.39 is 11.6 Å². The lowest BCUT2D eigenvalue weighted by molar-refractivity contribution is 0.0965. The minimum absolute atomic E-state index is 0.0677. The van der Waals surface area contributed by atoms with Gasteiger partial charge in [0.1, 0.15) is 4.83 Å². The maximum absolute atomic E-state index is 13.2. The molecule has 1 amide bonds. The van der Waals surface area contributed by atoms with Crippen LogP contribution >= 0.6 is 11.3 Å². The Hall–Kier alpha value is -2.46. The molecule has 1 aliphatic heterocycles. The maximum Gasteiger partial charge on any atom is 0.428 e. The number of carboxylic acid groups (broad SMARTS) is 1. The van der Waals surface area contributed by atoms with Crippen LogP contribution in [0.2, 0.25) is 0 Å². The minimum Gasteiger partial charge on any atom is -0.464 e. The van der Waals surface area contributed by atoms with Gasteiger partial charge in [0, 0.05) is 12.6 Å². The van der Waals surface area contributed by atoms with E-state index in [1.165, 1.54) is 22.1 Å². The molecule has 3 heterocycles. The van der Waals surface area contributed by atoms with Crippen LogP contribution in [0.15, 0.2) is 14.7 Å². The lowest BCUT2D eigenvalue weighted by Crippen LogP contribution is -2.42. The Morgan fingerprint density at radius 3 is 2.58 bits per heavy atom. The van der Waals surface area contributed by atoms with Crippen molar-refractivity contribution in [1.29, 1.82) is 0 Å². The molecule has 0 radical (unpaired) electrons. The van der Waals surface area contributed by atoms with Crippen molar-refractivity contribution in [2.45, 2.75) is 78.6 Å². The average Bonchev–Trinajstić information content (AvgIpc) is 3.25. The van der Waals surface area contributed by atoms with Gasteiger partial charge in [0.05, 0.1) is 34.7 Å². The quantitative estimate of drug-likeness (QED) is 0.555. The zero-order valence-corrected chi connectivity index (χ0v) is 19.7. The number of aryl methyl sites for hydroxylation is 1. The first-order chi connectivity index (χ1) is 14.4. The molecule has 1 aliphatic rings. The van der Waals surface area contributed by atoms with Crippen LogP contribution in [-0.4, -0.2) is 49.8 Å². The highest BCUT2D eigenvalue weighted by molar-refractivity contribution is 7.20. The summed E-state index contributed by atoms with van der Waals surface area (Å²) in [5.74, 6) is 0. The molecule has 0 bridgehead atoms. The van der Waals surface area contributed by atoms with Gasteiger partial charge in [0.2, 0.25) is 0 Å². The van der Waals surface area contributed by atoms with E-state index in [4.69, 9.17) is 4.74 Å². The normalized spacial score (nSPS) is 17.3. The zero-order valence-electron chi connectivity index (χ0n) is 18.8. The van der Waals surface area contributed by atoms with Crippen molar-refractivity contribution in [3.05, 3.63) is 31.3 Å². The summed E-state index contributed by atoms with van der Waals surface area (Å²) in [7, 11) is 0. The molecule has 0 saturated carbocycles. The highest BCUT2D eigenvalue weighted by Gasteiger charge is 2.27. The first kappa shape index (κ1) is 23.2. The number of hydrazone groups is 1. The maximum atomic E-state index is 13.2. The predicted molar refractivity (Wildman–Crippen MR) is 122 cm³/mol. The Morgan fingerprint density at radius 1 is 1.39 bits per heavy atom. The summed E-state index contributed by atoms with van der Waals surface area (Å²) in [4.78, 5) is 39.2. The van der Waals surface area contributed by atoms with E-state index in [0.29, 0.717) is 33.8 Å². The molecule has 170 valence electrons. The number of ether oxygens (including phenoxy) is 1. The van der Waals surface area contributed by atoms with E-state index in [1.807, 2.05) is 13.8 Å². The molecule has 0 aliphatic carbocycles. The van der Waals surface area contributed by atoms with Gasteiger partial charge in [-0.15, -0.1) is 11.3 Å². The van der Waals surface area contributed by atoms with Crippen LogP contribution in [0.1, 0.15) is 63.9 Å². The van der Waals surface area contributed by atoms with E-state index in [1.54, 1.807) is 32.3 Å². The topological polar surface area (TPSA) is 106 Å². The first-order valence-electron chi connectivity index (χ1n) is 10.4. The molecular formula is C21H30N4O5S. The summed E-state index contributed by atoms with van der Waals surface area (Å²) in [5, 5.41) is 15.1. The number of fused-ring (bicyclic) bond motifs is 1. The van der Waals surface area contributed by atoms with Gasteiger partial charge in [0.25, 0.3) is 5.56 Å². The number of thiophene rings is 1. The SMILES string of the molecule is Cc1c(/C=N/N(C(=O)O)C(C)(C)C)sc2c1c(=O)n(C(C)C)c(=O)n2CC1CCCO1. The lowest BCUT2D eigenvalue weighted by atomic mass is 10.1. The monoisotopic (exact) mass is 450 g/mol. The van der Waals surface area contributed by atoms with E-state index in [9.17, 15) is 19.5 Å². The lowest BCUT2D eigenvalue weighted by Gasteiger charge is -2.27. The number of nitrogens with zero attached hydrogens (tertiary/aromatic N) is 4. The largest absolute Gasteiger partial charge is 0.464 e. The summed E-state index contributed by atoms with van der Waals surface area (Å²) in [6.07, 6.45) is 2.04. The molecular weight excluding hydrogens is 420 g/mol. The van der Waals surface area contributed by atoms with Gasteiger partial charge in [-0.2, -0.15) is 10.1 Å². The summed E-state index contributed by atoms with van der Waals surface area (Å²) in [5.41, 5.74) is -0.727. The highest BCUT2D eigenvalue weighted by atomic mass is 32.1. The number of hydrogen-bond acceptors (Lipinski definition) is 6. The van der Waals surface area contributed by atoms with E-state index in [2.05, 4.69) is 5.10 Å². The molecule has 9 nitrogen and oxygen atoms in total. The van der Waals surface area contributed by atoms with Crippen molar-refractivity contribution in [1.82, 2.24) is 14.1 Å². The molecule has 1 N–H and O–H groups in total. The van der Waals surface area contributed by atoms with E-state index in [-0.39, 0.29) is 23.4 Å². The van der Waals surface area contributed by atoms with Crippen LogP contribution < -0.4 is 11.2 Å². The zero-order chi connectivity index (χ0) is 23.1. The molecule has 2 aromatic heterocycles. The van der Waals surface area contributed by atoms with Crippen LogP contribution in [0.3, 0.4) is 0 Å². The molecule has 0 aromatic carbocycles. The van der Waals surface area contributed by atoms with Crippen LogP contribution in [-0.2, 0) is 11.3 Å². The molecule has 1 saturated heterocycles. The smallest absolute Gasteiger partial charge is 0.428 e. The Kier molecular flexibility index (Phi) is 6.43. The second kappa shape index (κ2) is 8.58. The van der Waals surface area contributed by atoms with Gasteiger partial charge >= 0.3 is 11.8 Å². The van der Waals surface area contributed by atoms with Crippen LogP contribution in [0.4, 0.5) is 4.79 Å². The second-order valence-electron chi connectivity index (χ2n) is 9.08. The van der Waals surface area contributed by atoms with E-state index >= 15 is 0 Å². The molecule has 1 unspecified atom stereocenters. The standard InChI is InChI=1S/C21H30N4O5S/c1-12(2)24-17(26)16-13(3)15(10-22-25(20(28)29)21(4,5)6)31-18(16)23(19(24)27)11-14-8-7-9-30-14/h10,12,14H,7-9,11H2,1-6H3,(H,28,29)/b22-10+. The number of carbonyl (C=O) groups is 1. The molecule has 0 spiro atoms. The van der Waals surface area contributed by atoms with Crippen molar-refractivity contribution in [2.75, 3.05) is 6.61 Å². The Morgan fingerprint density at radius 2 is 2.06 bits per heavy atom. The highest BCUT2D eigenvalue weighted by Crippen LogP contribution is 2.28. The third-order valence-corrected chi connectivity index (χ3v) is 6.56. The van der Waals surface area contributed by atoms with Gasteiger partial charge in [-0.25, -0.2) is 9.59 Å². The third kappa shape index (κ3) is 4.45. The number of aromatic nitrogens is 2. The Bertz CT molecular complexity index is 1130. The Labute approximate surface area is 184 Å². The van der Waals surface area contributed by atoms with Crippen molar-refractivity contribution >= 4 is 33.9 Å². The molecule has 3 rings (SSSR count). The first-order valence-corrected chi connectivity index (χ1v) is 11.2. The van der Waals surface area contributed by atoms with E-state index in [0.717, 1.165) is 17.9 Å². The second-order valence-corrected chi connectivity index (χ2v) is 10.1. The third-order valence-electron chi connectivity index (χ3n) is 5.31. The van der Waals surface area contributed by atoms with Crippen molar-refractivity contribution < 1.29 is 14.6 Å². The average molecular weight is 451 g/mol. The summed E-state index contributed by atoms with van der Waals surface area (Å²) in [6.45, 7) is 11.7.